The normalized spacial score (nSPS) is 11.5. The second kappa shape index (κ2) is 7.22. The molecule has 1 aromatic heterocycles. The summed E-state index contributed by atoms with van der Waals surface area (Å²) >= 11 is 0. The molecule has 1 atom stereocenters. The Kier molecular flexibility index (Phi) is 5.64. The van der Waals surface area contributed by atoms with Crippen molar-refractivity contribution >= 4 is 17.8 Å². The highest BCUT2D eigenvalue weighted by Gasteiger charge is 2.12. The van der Waals surface area contributed by atoms with Crippen molar-refractivity contribution in [1.29, 1.82) is 0 Å². The molecule has 0 aliphatic rings. The van der Waals surface area contributed by atoms with Crippen LogP contribution in [0, 0.1) is 5.92 Å². The van der Waals surface area contributed by atoms with E-state index in [4.69, 9.17) is 5.11 Å². The second-order valence-electron chi connectivity index (χ2n) is 4.42. The molecule has 20 heavy (non-hydrogen) atoms. The molecule has 0 fully saturated rings. The first kappa shape index (κ1) is 15.6. The molecule has 1 unspecified atom stereocenters. The van der Waals surface area contributed by atoms with Crippen molar-refractivity contribution in [3.05, 3.63) is 29.6 Å². The number of rotatable bonds is 6. The summed E-state index contributed by atoms with van der Waals surface area (Å²) in [6, 6.07) is 2.95. The Labute approximate surface area is 116 Å². The molecular weight excluding hydrogens is 262 g/mol. The highest BCUT2D eigenvalue weighted by molar-refractivity contribution is 5.96. The Morgan fingerprint density at radius 3 is 2.50 bits per heavy atom. The van der Waals surface area contributed by atoms with E-state index in [0.29, 0.717) is 5.56 Å². The van der Waals surface area contributed by atoms with Gasteiger partial charge in [0.25, 0.3) is 11.8 Å². The molecule has 108 valence electrons. The van der Waals surface area contributed by atoms with Crippen LogP contribution in [-0.2, 0) is 4.79 Å². The Morgan fingerprint density at radius 2 is 2.00 bits per heavy atom. The van der Waals surface area contributed by atoms with Crippen molar-refractivity contribution in [3.8, 4) is 0 Å². The summed E-state index contributed by atoms with van der Waals surface area (Å²) in [6.07, 6.45) is 1.30. The van der Waals surface area contributed by atoms with Crippen molar-refractivity contribution in [2.75, 3.05) is 13.6 Å². The lowest BCUT2D eigenvalue weighted by Gasteiger charge is -2.10. The number of aliphatic carboxylic acids is 1. The van der Waals surface area contributed by atoms with E-state index in [1.54, 1.807) is 6.92 Å². The summed E-state index contributed by atoms with van der Waals surface area (Å²) in [5.41, 5.74) is 0.545. The molecule has 1 heterocycles. The largest absolute Gasteiger partial charge is 0.481 e. The van der Waals surface area contributed by atoms with Crippen molar-refractivity contribution in [1.82, 2.24) is 15.6 Å². The van der Waals surface area contributed by atoms with Gasteiger partial charge in [0.05, 0.1) is 5.56 Å². The van der Waals surface area contributed by atoms with Crippen molar-refractivity contribution in [3.63, 3.8) is 0 Å². The van der Waals surface area contributed by atoms with Gasteiger partial charge in [-0.3, -0.25) is 19.4 Å². The smallest absolute Gasteiger partial charge is 0.303 e. The monoisotopic (exact) mass is 279 g/mol. The first-order valence-corrected chi connectivity index (χ1v) is 6.12. The molecule has 0 saturated heterocycles. The minimum absolute atomic E-state index is 0.00581. The standard InChI is InChI=1S/C13H17N3O4/c1-8(5-11(17)18)6-16-12(19)9-3-4-10(15-7-9)13(20)14-2/h3-4,7-8H,5-6H2,1-2H3,(H,14,20)(H,16,19)(H,17,18). The molecule has 1 aromatic rings. The number of carbonyl (C=O) groups excluding carboxylic acids is 2. The van der Waals surface area contributed by atoms with Crippen LogP contribution in [0.15, 0.2) is 18.3 Å². The number of carboxylic acid groups (broad SMARTS) is 1. The van der Waals surface area contributed by atoms with Crippen molar-refractivity contribution in [2.24, 2.45) is 5.92 Å². The summed E-state index contributed by atoms with van der Waals surface area (Å²) in [7, 11) is 1.49. The van der Waals surface area contributed by atoms with E-state index in [-0.39, 0.29) is 36.4 Å². The molecule has 0 aromatic carbocycles. The second-order valence-corrected chi connectivity index (χ2v) is 4.42. The highest BCUT2D eigenvalue weighted by Crippen LogP contribution is 2.03. The Morgan fingerprint density at radius 1 is 1.30 bits per heavy atom. The molecule has 3 N–H and O–H groups in total. The molecule has 2 amide bonds. The average Bonchev–Trinajstić information content (AvgIpc) is 2.43. The molecule has 0 saturated carbocycles. The summed E-state index contributed by atoms with van der Waals surface area (Å²) in [5.74, 6) is -1.73. The predicted molar refractivity (Wildman–Crippen MR) is 71.4 cm³/mol. The number of amides is 2. The van der Waals surface area contributed by atoms with Crippen LogP contribution in [0.25, 0.3) is 0 Å². The van der Waals surface area contributed by atoms with Crippen molar-refractivity contribution in [2.45, 2.75) is 13.3 Å². The number of hydrogen-bond donors (Lipinski definition) is 3. The summed E-state index contributed by atoms with van der Waals surface area (Å²) < 4.78 is 0. The summed E-state index contributed by atoms with van der Waals surface area (Å²) in [5, 5.41) is 13.7. The third-order valence-corrected chi connectivity index (χ3v) is 2.62. The molecule has 0 radical (unpaired) electrons. The van der Waals surface area contributed by atoms with E-state index in [1.807, 2.05) is 0 Å². The lowest BCUT2D eigenvalue weighted by atomic mass is 10.1. The van der Waals surface area contributed by atoms with E-state index in [1.165, 1.54) is 25.4 Å². The van der Waals surface area contributed by atoms with Gasteiger partial charge in [0.1, 0.15) is 5.69 Å². The van der Waals surface area contributed by atoms with E-state index >= 15 is 0 Å². The fourth-order valence-electron chi connectivity index (χ4n) is 1.53. The fourth-order valence-corrected chi connectivity index (χ4v) is 1.53. The van der Waals surface area contributed by atoms with Gasteiger partial charge in [-0.05, 0) is 18.1 Å². The third kappa shape index (κ3) is 4.68. The zero-order valence-electron chi connectivity index (χ0n) is 11.3. The zero-order valence-corrected chi connectivity index (χ0v) is 11.3. The van der Waals surface area contributed by atoms with Crippen LogP contribution in [0.5, 0.6) is 0 Å². The number of hydrogen-bond acceptors (Lipinski definition) is 4. The van der Waals surface area contributed by atoms with Crippen LogP contribution in [0.4, 0.5) is 0 Å². The predicted octanol–water partition coefficient (Wildman–Crippen LogP) is 0.282. The molecule has 7 nitrogen and oxygen atoms in total. The third-order valence-electron chi connectivity index (χ3n) is 2.62. The molecule has 0 aliphatic carbocycles. The topological polar surface area (TPSA) is 108 Å². The first-order chi connectivity index (χ1) is 9.43. The number of carbonyl (C=O) groups is 3. The molecule has 0 spiro atoms. The van der Waals surface area contributed by atoms with Crippen LogP contribution in [0.3, 0.4) is 0 Å². The van der Waals surface area contributed by atoms with Gasteiger partial charge in [-0.2, -0.15) is 0 Å². The number of nitrogens with one attached hydrogen (secondary N) is 2. The van der Waals surface area contributed by atoms with Crippen LogP contribution in [-0.4, -0.2) is 41.5 Å². The van der Waals surface area contributed by atoms with E-state index in [2.05, 4.69) is 15.6 Å². The van der Waals surface area contributed by atoms with Gasteiger partial charge in [0, 0.05) is 26.2 Å². The Balaban J connectivity index is 2.55. The van der Waals surface area contributed by atoms with Gasteiger partial charge in [-0.25, -0.2) is 0 Å². The first-order valence-electron chi connectivity index (χ1n) is 6.12. The van der Waals surface area contributed by atoms with Crippen LogP contribution < -0.4 is 10.6 Å². The Bertz CT molecular complexity index is 499. The number of nitrogens with zero attached hydrogens (tertiary/aromatic N) is 1. The van der Waals surface area contributed by atoms with Gasteiger partial charge in [-0.1, -0.05) is 6.92 Å². The van der Waals surface area contributed by atoms with Crippen molar-refractivity contribution < 1.29 is 19.5 Å². The quantitative estimate of drug-likeness (QED) is 0.693. The van der Waals surface area contributed by atoms with Gasteiger partial charge >= 0.3 is 5.97 Å². The minimum Gasteiger partial charge on any atom is -0.481 e. The van der Waals surface area contributed by atoms with Crippen LogP contribution >= 0.6 is 0 Å². The summed E-state index contributed by atoms with van der Waals surface area (Å²) in [4.78, 5) is 37.4. The number of pyridine rings is 1. The van der Waals surface area contributed by atoms with Gasteiger partial charge in [0.15, 0.2) is 0 Å². The van der Waals surface area contributed by atoms with Gasteiger partial charge in [-0.15, -0.1) is 0 Å². The minimum atomic E-state index is -0.900. The SMILES string of the molecule is CNC(=O)c1ccc(C(=O)NCC(C)CC(=O)O)cn1. The molecule has 0 aliphatic heterocycles. The maximum Gasteiger partial charge on any atom is 0.303 e. The van der Waals surface area contributed by atoms with Crippen LogP contribution in [0.1, 0.15) is 34.2 Å². The van der Waals surface area contributed by atoms with E-state index in [9.17, 15) is 14.4 Å². The molecule has 7 heteroatoms. The zero-order chi connectivity index (χ0) is 15.1. The maximum absolute atomic E-state index is 11.8. The van der Waals surface area contributed by atoms with E-state index in [0.717, 1.165) is 0 Å². The lowest BCUT2D eigenvalue weighted by Crippen LogP contribution is -2.29. The molecular formula is C13H17N3O4. The molecule has 0 bridgehead atoms. The van der Waals surface area contributed by atoms with Crippen LogP contribution in [0.2, 0.25) is 0 Å². The fraction of sp³-hybridized carbons (Fsp3) is 0.385. The van der Waals surface area contributed by atoms with E-state index < -0.39 is 5.97 Å². The lowest BCUT2D eigenvalue weighted by molar-refractivity contribution is -0.137. The Hall–Kier alpha value is -2.44. The number of aromatic nitrogens is 1. The molecule has 1 rings (SSSR count). The maximum atomic E-state index is 11.8. The summed E-state index contributed by atoms with van der Waals surface area (Å²) in [6.45, 7) is 2.00. The van der Waals surface area contributed by atoms with Gasteiger partial charge < -0.3 is 15.7 Å². The number of carboxylic acids is 1. The average molecular weight is 279 g/mol. The van der Waals surface area contributed by atoms with Gasteiger partial charge in [0.2, 0.25) is 0 Å². The highest BCUT2D eigenvalue weighted by atomic mass is 16.4.